The molecule has 0 saturated heterocycles. The molecule has 0 saturated carbocycles. The van der Waals surface area contributed by atoms with E-state index in [-0.39, 0.29) is 10.7 Å². The highest BCUT2D eigenvalue weighted by atomic mass is 35.5. The molecule has 4 nitrogen and oxygen atoms in total. The molecule has 6 heteroatoms. The molecular weight excluding hydrogens is 394 g/mol. The summed E-state index contributed by atoms with van der Waals surface area (Å²) in [5, 5.41) is 0.330. The van der Waals surface area contributed by atoms with Gasteiger partial charge in [0.25, 0.3) is 5.24 Å². The van der Waals surface area contributed by atoms with Crippen LogP contribution in [-0.2, 0) is 5.41 Å². The van der Waals surface area contributed by atoms with Crippen molar-refractivity contribution in [3.05, 3.63) is 57.6 Å². The third kappa shape index (κ3) is 5.09. The zero-order chi connectivity index (χ0) is 21.2. The predicted molar refractivity (Wildman–Crippen MR) is 116 cm³/mol. The molecule has 2 rings (SSSR count). The number of halogens is 1. The Morgan fingerprint density at radius 3 is 2.29 bits per heavy atom. The molecule has 0 atom stereocenters. The Bertz CT molecular complexity index is 917. The topological polar surface area (TPSA) is 46.6 Å². The average Bonchev–Trinajstić information content (AvgIpc) is 2.59. The number of thioether (sulfide) groups is 1. The van der Waals surface area contributed by atoms with Crippen LogP contribution in [0.3, 0.4) is 0 Å². The van der Waals surface area contributed by atoms with E-state index in [0.717, 1.165) is 28.5 Å². The highest BCUT2D eigenvalue weighted by Gasteiger charge is 2.26. The van der Waals surface area contributed by atoms with Crippen LogP contribution >= 0.6 is 23.4 Å². The van der Waals surface area contributed by atoms with Crippen molar-refractivity contribution in [3.8, 4) is 5.75 Å². The lowest BCUT2D eigenvalue weighted by molar-refractivity contribution is 0.0729. The van der Waals surface area contributed by atoms with Crippen LogP contribution in [-0.4, -0.2) is 30.2 Å². The zero-order valence-electron chi connectivity index (χ0n) is 17.3. The number of carbonyl (C=O) groups excluding carboxylic acids is 2. The maximum atomic E-state index is 12.7. The molecule has 0 aliphatic carbocycles. The Balaban J connectivity index is 2.56. The lowest BCUT2D eigenvalue weighted by atomic mass is 9.83. The summed E-state index contributed by atoms with van der Waals surface area (Å²) < 4.78 is 5.76. The van der Waals surface area contributed by atoms with Gasteiger partial charge in [-0.25, -0.2) is 4.79 Å². The Kier molecular flexibility index (Phi) is 6.84. The highest BCUT2D eigenvalue weighted by Crippen LogP contribution is 2.42. The van der Waals surface area contributed by atoms with E-state index >= 15 is 0 Å². The summed E-state index contributed by atoms with van der Waals surface area (Å²) in [5.41, 5.74) is 3.11. The molecule has 1 amide bonds. The maximum absolute atomic E-state index is 12.7. The van der Waals surface area contributed by atoms with Gasteiger partial charge in [0.1, 0.15) is 5.75 Å². The number of amides is 1. The van der Waals surface area contributed by atoms with Crippen LogP contribution in [0.15, 0.2) is 35.2 Å². The van der Waals surface area contributed by atoms with Gasteiger partial charge in [-0.3, -0.25) is 4.79 Å². The summed E-state index contributed by atoms with van der Waals surface area (Å²) in [6, 6.07) is 8.64. The summed E-state index contributed by atoms with van der Waals surface area (Å²) in [7, 11) is 3.39. The van der Waals surface area contributed by atoms with Gasteiger partial charge in [0.05, 0.1) is 10.5 Å². The van der Waals surface area contributed by atoms with E-state index in [9.17, 15) is 9.59 Å². The molecule has 0 spiro atoms. The quantitative estimate of drug-likeness (QED) is 0.335. The third-order valence-electron chi connectivity index (χ3n) is 4.29. The van der Waals surface area contributed by atoms with Crippen LogP contribution < -0.4 is 4.74 Å². The van der Waals surface area contributed by atoms with Crippen molar-refractivity contribution in [1.82, 2.24) is 4.90 Å². The van der Waals surface area contributed by atoms with E-state index in [2.05, 4.69) is 20.8 Å². The van der Waals surface area contributed by atoms with Crippen molar-refractivity contribution < 1.29 is 14.3 Å². The molecule has 0 aromatic heterocycles. The van der Waals surface area contributed by atoms with Crippen LogP contribution in [0.25, 0.3) is 0 Å². The normalized spacial score (nSPS) is 11.3. The molecule has 0 unspecified atom stereocenters. The molecule has 0 aliphatic rings. The number of ether oxygens (including phenoxy) is 1. The van der Waals surface area contributed by atoms with E-state index in [1.54, 1.807) is 38.4 Å². The maximum Gasteiger partial charge on any atom is 0.343 e. The van der Waals surface area contributed by atoms with E-state index in [4.69, 9.17) is 16.3 Å². The van der Waals surface area contributed by atoms with Gasteiger partial charge in [0.2, 0.25) is 0 Å². The Morgan fingerprint density at radius 2 is 1.75 bits per heavy atom. The van der Waals surface area contributed by atoms with Gasteiger partial charge in [0, 0.05) is 19.1 Å². The number of benzene rings is 2. The Labute approximate surface area is 176 Å². The Morgan fingerprint density at radius 1 is 1.11 bits per heavy atom. The summed E-state index contributed by atoms with van der Waals surface area (Å²) >= 11 is 7.07. The average molecular weight is 420 g/mol. The first kappa shape index (κ1) is 22.3. The molecular formula is C22H26ClNO3S. The molecule has 2 aromatic carbocycles. The third-order valence-corrected chi connectivity index (χ3v) is 5.76. The minimum atomic E-state index is -0.507. The lowest BCUT2D eigenvalue weighted by Crippen LogP contribution is -2.19. The number of nitrogens with zero attached hydrogens (tertiary/aromatic N) is 1. The van der Waals surface area contributed by atoms with E-state index < -0.39 is 5.97 Å². The van der Waals surface area contributed by atoms with Gasteiger partial charge in [-0.2, -0.15) is 0 Å². The predicted octanol–water partition coefficient (Wildman–Crippen LogP) is 6.25. The van der Waals surface area contributed by atoms with E-state index in [1.165, 1.54) is 4.90 Å². The summed E-state index contributed by atoms with van der Waals surface area (Å²) in [5.74, 6) is -0.0941. The second kappa shape index (κ2) is 8.58. The molecule has 2 aromatic rings. The molecule has 0 N–H and O–H groups in total. The summed E-state index contributed by atoms with van der Waals surface area (Å²) in [6.07, 6.45) is 0. The number of esters is 1. The van der Waals surface area contributed by atoms with Gasteiger partial charge >= 0.3 is 5.97 Å². The Hall–Kier alpha value is -1.98. The van der Waals surface area contributed by atoms with Crippen LogP contribution in [0.2, 0.25) is 5.02 Å². The van der Waals surface area contributed by atoms with Gasteiger partial charge in [-0.1, -0.05) is 44.5 Å². The molecule has 28 heavy (non-hydrogen) atoms. The van der Waals surface area contributed by atoms with Crippen LogP contribution in [0.4, 0.5) is 4.79 Å². The van der Waals surface area contributed by atoms with Gasteiger partial charge in [-0.05, 0) is 65.9 Å². The smallest absolute Gasteiger partial charge is 0.343 e. The van der Waals surface area contributed by atoms with Crippen molar-refractivity contribution in [2.75, 3.05) is 14.1 Å². The molecule has 150 valence electrons. The zero-order valence-corrected chi connectivity index (χ0v) is 18.9. The van der Waals surface area contributed by atoms with Crippen molar-refractivity contribution >= 4 is 34.6 Å². The summed E-state index contributed by atoms with van der Waals surface area (Å²) in [6.45, 7) is 10.2. The first-order valence-electron chi connectivity index (χ1n) is 8.93. The molecule has 0 radical (unpaired) electrons. The number of carbonyl (C=O) groups is 2. The molecule has 0 fully saturated rings. The molecule has 0 bridgehead atoms. The standard InChI is InChI=1S/C22H26ClNO3S/c1-13-11-17(22(3,4)5)14(2)19(28-21(26)24(6)7)18(13)27-20(25)15-9-8-10-16(23)12-15/h8-12H,1-7H3. The first-order chi connectivity index (χ1) is 12.9. The van der Waals surface area contributed by atoms with Crippen molar-refractivity contribution in [1.29, 1.82) is 0 Å². The largest absolute Gasteiger partial charge is 0.421 e. The van der Waals surface area contributed by atoms with E-state index in [1.807, 2.05) is 19.9 Å². The molecule has 0 aliphatic heterocycles. The first-order valence-corrected chi connectivity index (χ1v) is 10.1. The van der Waals surface area contributed by atoms with Crippen molar-refractivity contribution in [2.24, 2.45) is 0 Å². The minimum absolute atomic E-state index is 0.110. The lowest BCUT2D eigenvalue weighted by Gasteiger charge is -2.26. The fourth-order valence-electron chi connectivity index (χ4n) is 2.84. The number of aryl methyl sites for hydroxylation is 1. The van der Waals surface area contributed by atoms with Crippen molar-refractivity contribution in [3.63, 3.8) is 0 Å². The fraction of sp³-hybridized carbons (Fsp3) is 0.364. The second-order valence-corrected chi connectivity index (χ2v) is 9.33. The molecule has 0 heterocycles. The minimum Gasteiger partial charge on any atom is -0.421 e. The van der Waals surface area contributed by atoms with Crippen LogP contribution in [0.5, 0.6) is 5.75 Å². The highest BCUT2D eigenvalue weighted by molar-refractivity contribution is 8.13. The van der Waals surface area contributed by atoms with Gasteiger partial charge in [0.15, 0.2) is 0 Å². The van der Waals surface area contributed by atoms with Crippen LogP contribution in [0.1, 0.15) is 47.8 Å². The monoisotopic (exact) mass is 419 g/mol. The second-order valence-electron chi connectivity index (χ2n) is 7.94. The van der Waals surface area contributed by atoms with Gasteiger partial charge < -0.3 is 9.64 Å². The summed E-state index contributed by atoms with van der Waals surface area (Å²) in [4.78, 5) is 27.3. The van der Waals surface area contributed by atoms with Crippen LogP contribution in [0, 0.1) is 13.8 Å². The SMILES string of the molecule is Cc1cc(C(C)(C)C)c(C)c(SC(=O)N(C)C)c1OC(=O)c1cccc(Cl)c1. The number of hydrogen-bond donors (Lipinski definition) is 0. The van der Waals surface area contributed by atoms with Crippen molar-refractivity contribution in [2.45, 2.75) is 44.9 Å². The fourth-order valence-corrected chi connectivity index (χ4v) is 3.94. The number of rotatable bonds is 3. The number of hydrogen-bond acceptors (Lipinski definition) is 4. The van der Waals surface area contributed by atoms with E-state index in [0.29, 0.717) is 21.2 Å². The van der Waals surface area contributed by atoms with Gasteiger partial charge in [-0.15, -0.1) is 0 Å².